The number of hydrogen-bond donors (Lipinski definition) is 0. The standard InChI is InChI=1S/C34H22BN3/c1-4-12-31-27(9-1)29-11-3-6-14-33(29)38-34-16-15-23(19-30(34)28-10-2-5-13-32(28)35(31)38)25-18-26(22-37-21-25)24-8-7-17-36-20-24/h1-22H. The Balaban J connectivity index is 1.34. The Kier molecular flexibility index (Phi) is 4.62. The highest BCUT2D eigenvalue weighted by Gasteiger charge is 2.41. The summed E-state index contributed by atoms with van der Waals surface area (Å²) in [5.41, 5.74) is 14.7. The van der Waals surface area contributed by atoms with Crippen LogP contribution in [-0.2, 0) is 0 Å². The van der Waals surface area contributed by atoms with Gasteiger partial charge in [0.2, 0.25) is 0 Å². The molecule has 3 nitrogen and oxygen atoms in total. The lowest BCUT2D eigenvalue weighted by molar-refractivity contribution is 1.30. The first-order chi connectivity index (χ1) is 18.9. The molecule has 2 aliphatic rings. The number of fused-ring (bicyclic) bond motifs is 11. The van der Waals surface area contributed by atoms with E-state index >= 15 is 0 Å². The third-order valence-electron chi connectivity index (χ3n) is 7.84. The van der Waals surface area contributed by atoms with E-state index in [0.717, 1.165) is 22.3 Å². The van der Waals surface area contributed by atoms with E-state index in [4.69, 9.17) is 0 Å². The van der Waals surface area contributed by atoms with Crippen LogP contribution in [0.5, 0.6) is 0 Å². The van der Waals surface area contributed by atoms with Crippen LogP contribution in [0.15, 0.2) is 134 Å². The fourth-order valence-corrected chi connectivity index (χ4v) is 6.16. The number of rotatable bonds is 2. The molecule has 6 aromatic rings. The molecule has 176 valence electrons. The van der Waals surface area contributed by atoms with Gasteiger partial charge < -0.3 is 4.81 Å². The minimum absolute atomic E-state index is 0.131. The quantitative estimate of drug-likeness (QED) is 0.256. The van der Waals surface area contributed by atoms with Crippen LogP contribution in [0.4, 0.5) is 11.4 Å². The van der Waals surface area contributed by atoms with Crippen LogP contribution < -0.4 is 15.7 Å². The van der Waals surface area contributed by atoms with Crippen molar-refractivity contribution in [3.63, 3.8) is 0 Å². The SMILES string of the molecule is c1cncc(-c2cncc(-c3ccc4c(c3)-c3ccccc3B3c5ccccc5-c5ccccc5N34)c2)c1. The van der Waals surface area contributed by atoms with Crippen molar-refractivity contribution >= 4 is 29.1 Å². The lowest BCUT2D eigenvalue weighted by Gasteiger charge is -2.43. The van der Waals surface area contributed by atoms with Crippen LogP contribution in [0.2, 0.25) is 0 Å². The summed E-state index contributed by atoms with van der Waals surface area (Å²) in [5, 5.41) is 0. The van der Waals surface area contributed by atoms with Gasteiger partial charge in [0.15, 0.2) is 0 Å². The number of para-hydroxylation sites is 1. The number of aromatic nitrogens is 2. The van der Waals surface area contributed by atoms with Crippen molar-refractivity contribution in [1.82, 2.24) is 9.97 Å². The number of nitrogens with zero attached hydrogens (tertiary/aromatic N) is 3. The molecule has 0 saturated carbocycles. The third-order valence-corrected chi connectivity index (χ3v) is 7.84. The average Bonchev–Trinajstić information content (AvgIpc) is 3.01. The normalized spacial score (nSPS) is 12.6. The van der Waals surface area contributed by atoms with E-state index in [1.807, 2.05) is 24.7 Å². The number of hydrogen-bond acceptors (Lipinski definition) is 3. The summed E-state index contributed by atoms with van der Waals surface area (Å²) < 4.78 is 0. The zero-order valence-corrected chi connectivity index (χ0v) is 20.6. The van der Waals surface area contributed by atoms with Gasteiger partial charge in [-0.25, -0.2) is 0 Å². The summed E-state index contributed by atoms with van der Waals surface area (Å²) in [4.78, 5) is 11.4. The fraction of sp³-hybridized carbons (Fsp3) is 0. The van der Waals surface area contributed by atoms with Crippen molar-refractivity contribution < 1.29 is 0 Å². The molecular formula is C34H22BN3. The van der Waals surface area contributed by atoms with Gasteiger partial charge in [0, 0.05) is 64.0 Å². The molecule has 0 saturated heterocycles. The van der Waals surface area contributed by atoms with Gasteiger partial charge in [0.25, 0.3) is 0 Å². The Labute approximate surface area is 222 Å². The molecule has 4 aromatic carbocycles. The molecule has 0 bridgehead atoms. The highest BCUT2D eigenvalue weighted by molar-refractivity contribution is 6.92. The molecule has 2 aliphatic heterocycles. The molecule has 0 fully saturated rings. The fourth-order valence-electron chi connectivity index (χ4n) is 6.16. The molecule has 0 N–H and O–H groups in total. The van der Waals surface area contributed by atoms with E-state index in [9.17, 15) is 0 Å². The number of pyridine rings is 2. The molecular weight excluding hydrogens is 461 g/mol. The van der Waals surface area contributed by atoms with Crippen molar-refractivity contribution in [2.45, 2.75) is 0 Å². The minimum Gasteiger partial charge on any atom is -0.376 e. The molecule has 38 heavy (non-hydrogen) atoms. The highest BCUT2D eigenvalue weighted by atomic mass is 15.1. The first-order valence-corrected chi connectivity index (χ1v) is 12.9. The lowest BCUT2D eigenvalue weighted by Crippen LogP contribution is -2.59. The molecule has 0 spiro atoms. The van der Waals surface area contributed by atoms with Gasteiger partial charge in [-0.05, 0) is 57.9 Å². The van der Waals surface area contributed by atoms with Crippen LogP contribution in [-0.4, -0.2) is 16.8 Å². The van der Waals surface area contributed by atoms with Gasteiger partial charge in [-0.15, -0.1) is 0 Å². The van der Waals surface area contributed by atoms with E-state index in [1.165, 1.54) is 44.6 Å². The third kappa shape index (κ3) is 3.10. The van der Waals surface area contributed by atoms with Crippen molar-refractivity contribution in [2.24, 2.45) is 0 Å². The highest BCUT2D eigenvalue weighted by Crippen LogP contribution is 2.46. The monoisotopic (exact) mass is 483 g/mol. The predicted octanol–water partition coefficient (Wildman–Crippen LogP) is 6.72. The van der Waals surface area contributed by atoms with E-state index in [2.05, 4.69) is 118 Å². The maximum absolute atomic E-state index is 4.58. The molecule has 0 aliphatic carbocycles. The van der Waals surface area contributed by atoms with E-state index in [-0.39, 0.29) is 6.85 Å². The Hall–Kier alpha value is -4.96. The average molecular weight is 483 g/mol. The second-order valence-corrected chi connectivity index (χ2v) is 9.90. The first-order valence-electron chi connectivity index (χ1n) is 12.9. The van der Waals surface area contributed by atoms with Crippen molar-refractivity contribution in [2.75, 3.05) is 4.81 Å². The van der Waals surface area contributed by atoms with Gasteiger partial charge in [0.05, 0.1) is 0 Å². The van der Waals surface area contributed by atoms with E-state index in [0.29, 0.717) is 0 Å². The van der Waals surface area contributed by atoms with Gasteiger partial charge in [-0.1, -0.05) is 78.9 Å². The van der Waals surface area contributed by atoms with E-state index in [1.54, 1.807) is 6.20 Å². The summed E-state index contributed by atoms with van der Waals surface area (Å²) in [6.07, 6.45) is 7.54. The van der Waals surface area contributed by atoms with Crippen LogP contribution in [0, 0.1) is 0 Å². The number of benzene rings is 4. The second kappa shape index (κ2) is 8.29. The van der Waals surface area contributed by atoms with Gasteiger partial charge in [-0.2, -0.15) is 0 Å². The summed E-state index contributed by atoms with van der Waals surface area (Å²) in [7, 11) is 0. The predicted molar refractivity (Wildman–Crippen MR) is 157 cm³/mol. The second-order valence-electron chi connectivity index (χ2n) is 9.90. The molecule has 2 aromatic heterocycles. The topological polar surface area (TPSA) is 29.0 Å². The van der Waals surface area contributed by atoms with Crippen LogP contribution in [0.25, 0.3) is 44.5 Å². The van der Waals surface area contributed by atoms with E-state index < -0.39 is 0 Å². The largest absolute Gasteiger partial charge is 0.376 e. The molecule has 8 rings (SSSR count). The Morgan fingerprint density at radius 1 is 0.447 bits per heavy atom. The summed E-state index contributed by atoms with van der Waals surface area (Å²) >= 11 is 0. The van der Waals surface area contributed by atoms with Crippen LogP contribution >= 0.6 is 0 Å². The molecule has 0 amide bonds. The molecule has 0 unspecified atom stereocenters. The zero-order chi connectivity index (χ0) is 25.1. The molecule has 0 radical (unpaired) electrons. The Morgan fingerprint density at radius 3 is 1.84 bits per heavy atom. The Bertz CT molecular complexity index is 1850. The van der Waals surface area contributed by atoms with Gasteiger partial charge in [0.1, 0.15) is 0 Å². The smallest absolute Gasteiger partial charge is 0.329 e. The van der Waals surface area contributed by atoms with Crippen LogP contribution in [0.1, 0.15) is 0 Å². The first kappa shape index (κ1) is 21.2. The summed E-state index contributed by atoms with van der Waals surface area (Å²) in [5.74, 6) is 0. The maximum Gasteiger partial charge on any atom is 0.329 e. The van der Waals surface area contributed by atoms with Crippen LogP contribution in [0.3, 0.4) is 0 Å². The maximum atomic E-state index is 4.58. The van der Waals surface area contributed by atoms with Crippen molar-refractivity contribution in [3.05, 3.63) is 134 Å². The minimum atomic E-state index is 0.131. The van der Waals surface area contributed by atoms with Gasteiger partial charge >= 0.3 is 6.85 Å². The molecule has 0 atom stereocenters. The molecule has 4 heterocycles. The number of anilines is 2. The van der Waals surface area contributed by atoms with Crippen molar-refractivity contribution in [3.8, 4) is 44.5 Å². The summed E-state index contributed by atoms with van der Waals surface area (Å²) in [6.45, 7) is 0.131. The van der Waals surface area contributed by atoms with Crippen molar-refractivity contribution in [1.29, 1.82) is 0 Å². The van der Waals surface area contributed by atoms with Gasteiger partial charge in [-0.3, -0.25) is 9.97 Å². The lowest BCUT2D eigenvalue weighted by atomic mass is 9.43. The Morgan fingerprint density at radius 2 is 1.08 bits per heavy atom. The zero-order valence-electron chi connectivity index (χ0n) is 20.6. The molecule has 4 heteroatoms. The summed E-state index contributed by atoms with van der Waals surface area (Å²) in [6, 6.07) is 39.6.